The van der Waals surface area contributed by atoms with Gasteiger partial charge in [0.2, 0.25) is 5.95 Å². The number of nitrogen functional groups attached to an aromatic ring is 1. The largest absolute Gasteiger partial charge is 0.444 e. The molecule has 7 nitrogen and oxygen atoms in total. The lowest BCUT2D eigenvalue weighted by Crippen LogP contribution is -2.43. The zero-order valence-corrected chi connectivity index (χ0v) is 22.0. The molecule has 1 amide bonds. The standard InChI is InChI=1S/C23H27Cl2N5O2.C2H6/c1-23(2,3)32-22(31)29-9-5-6-14(12-29)13-30-18(19-16(24)7-4-8-17(19)25)10-15-11-27-21(26)28-20(15)30;1-2/h4,7-8,10-11,14H,5-6,9,12-13H2,1-3H3,(H2,26,27,28);1-2H3. The van der Waals surface area contributed by atoms with Crippen molar-refractivity contribution in [1.82, 2.24) is 19.4 Å². The maximum absolute atomic E-state index is 12.6. The summed E-state index contributed by atoms with van der Waals surface area (Å²) in [6.07, 6.45) is 3.31. The van der Waals surface area contributed by atoms with Gasteiger partial charge in [-0.2, -0.15) is 4.98 Å². The molecule has 34 heavy (non-hydrogen) atoms. The van der Waals surface area contributed by atoms with Crippen LogP contribution >= 0.6 is 23.2 Å². The van der Waals surface area contributed by atoms with E-state index in [1.54, 1.807) is 11.1 Å². The average Bonchev–Trinajstić information content (AvgIpc) is 3.11. The third kappa shape index (κ3) is 5.94. The van der Waals surface area contributed by atoms with Gasteiger partial charge in [-0.05, 0) is 57.7 Å². The monoisotopic (exact) mass is 505 g/mol. The van der Waals surface area contributed by atoms with Gasteiger partial charge in [-0.15, -0.1) is 0 Å². The number of hydrogen-bond acceptors (Lipinski definition) is 5. The summed E-state index contributed by atoms with van der Waals surface area (Å²) in [6.45, 7) is 11.6. The van der Waals surface area contributed by atoms with Crippen LogP contribution < -0.4 is 5.73 Å². The van der Waals surface area contributed by atoms with E-state index in [9.17, 15) is 4.79 Å². The van der Waals surface area contributed by atoms with Crippen LogP contribution in [0.4, 0.5) is 10.7 Å². The number of benzene rings is 1. The third-order valence-corrected chi connectivity index (χ3v) is 6.11. The molecule has 0 radical (unpaired) electrons. The van der Waals surface area contributed by atoms with E-state index in [-0.39, 0.29) is 18.0 Å². The SMILES string of the molecule is CC.CC(C)(C)OC(=O)N1CCCC(Cn2c(-c3c(Cl)cccc3Cl)cc3cnc(N)nc32)C1. The number of aromatic nitrogens is 3. The lowest BCUT2D eigenvalue weighted by atomic mass is 9.98. The number of halogens is 2. The maximum atomic E-state index is 12.6. The first-order chi connectivity index (χ1) is 16.1. The van der Waals surface area contributed by atoms with Gasteiger partial charge < -0.3 is 19.9 Å². The number of piperidine rings is 1. The summed E-state index contributed by atoms with van der Waals surface area (Å²) in [6, 6.07) is 7.43. The van der Waals surface area contributed by atoms with Gasteiger partial charge in [0.1, 0.15) is 11.2 Å². The molecule has 2 aromatic heterocycles. The van der Waals surface area contributed by atoms with E-state index in [0.29, 0.717) is 29.7 Å². The van der Waals surface area contributed by atoms with Crippen LogP contribution in [-0.4, -0.2) is 44.2 Å². The molecule has 4 rings (SSSR count). The predicted octanol–water partition coefficient (Wildman–Crippen LogP) is 6.66. The maximum Gasteiger partial charge on any atom is 0.410 e. The Labute approximate surface area is 211 Å². The Morgan fingerprint density at radius 3 is 2.56 bits per heavy atom. The van der Waals surface area contributed by atoms with E-state index in [1.807, 2.05) is 58.9 Å². The van der Waals surface area contributed by atoms with E-state index in [2.05, 4.69) is 14.5 Å². The summed E-state index contributed by atoms with van der Waals surface area (Å²) in [5.74, 6) is 0.413. The number of hydrogen-bond donors (Lipinski definition) is 1. The fourth-order valence-corrected chi connectivity index (χ4v) is 4.74. The molecule has 0 bridgehead atoms. The predicted molar refractivity (Wildman–Crippen MR) is 139 cm³/mol. The van der Waals surface area contributed by atoms with Gasteiger partial charge in [0, 0.05) is 36.8 Å². The van der Waals surface area contributed by atoms with E-state index in [0.717, 1.165) is 35.1 Å². The Balaban J connectivity index is 0.00000158. The van der Waals surface area contributed by atoms with Crippen molar-refractivity contribution in [3.63, 3.8) is 0 Å². The normalized spacial score (nSPS) is 16.2. The average molecular weight is 506 g/mol. The number of anilines is 1. The molecule has 1 aromatic carbocycles. The van der Waals surface area contributed by atoms with Crippen molar-refractivity contribution in [3.8, 4) is 11.3 Å². The number of carbonyl (C=O) groups is 1. The first kappa shape index (κ1) is 26.1. The minimum absolute atomic E-state index is 0.202. The second-order valence-electron chi connectivity index (χ2n) is 9.18. The Morgan fingerprint density at radius 2 is 1.91 bits per heavy atom. The summed E-state index contributed by atoms with van der Waals surface area (Å²) in [5, 5.41) is 1.97. The van der Waals surface area contributed by atoms with Crippen LogP contribution in [0.2, 0.25) is 10.0 Å². The van der Waals surface area contributed by atoms with Crippen molar-refractivity contribution in [2.75, 3.05) is 18.8 Å². The summed E-state index contributed by atoms with van der Waals surface area (Å²) >= 11 is 13.1. The molecule has 1 unspecified atom stereocenters. The first-order valence-corrected chi connectivity index (χ1v) is 12.4. The van der Waals surface area contributed by atoms with Gasteiger partial charge in [-0.3, -0.25) is 0 Å². The molecule has 1 saturated heterocycles. The highest BCUT2D eigenvalue weighted by atomic mass is 35.5. The quantitative estimate of drug-likeness (QED) is 0.429. The smallest absolute Gasteiger partial charge is 0.410 e. The molecule has 1 atom stereocenters. The number of rotatable bonds is 3. The molecular weight excluding hydrogens is 473 g/mol. The van der Waals surface area contributed by atoms with E-state index >= 15 is 0 Å². The highest BCUT2D eigenvalue weighted by Gasteiger charge is 2.29. The Morgan fingerprint density at radius 1 is 1.24 bits per heavy atom. The second-order valence-corrected chi connectivity index (χ2v) is 9.99. The fourth-order valence-electron chi connectivity index (χ4n) is 4.15. The first-order valence-electron chi connectivity index (χ1n) is 11.7. The van der Waals surface area contributed by atoms with Crippen molar-refractivity contribution < 1.29 is 9.53 Å². The van der Waals surface area contributed by atoms with Crippen molar-refractivity contribution in [3.05, 3.63) is 40.5 Å². The van der Waals surface area contributed by atoms with Gasteiger partial charge in [-0.25, -0.2) is 9.78 Å². The Kier molecular flexibility index (Phi) is 8.31. The molecule has 184 valence electrons. The zero-order chi connectivity index (χ0) is 25.0. The van der Waals surface area contributed by atoms with Crippen molar-refractivity contribution in [1.29, 1.82) is 0 Å². The Bertz CT molecular complexity index is 1140. The number of ether oxygens (including phenoxy) is 1. The molecule has 1 aliphatic heterocycles. The fraction of sp³-hybridized carbons (Fsp3) is 0.480. The minimum atomic E-state index is -0.525. The van der Waals surface area contributed by atoms with Crippen LogP contribution in [0.15, 0.2) is 30.5 Å². The van der Waals surface area contributed by atoms with Crippen molar-refractivity contribution in [2.45, 2.75) is 59.6 Å². The number of carbonyl (C=O) groups excluding carboxylic acids is 1. The summed E-state index contributed by atoms with van der Waals surface area (Å²) in [5.41, 5.74) is 7.69. The third-order valence-electron chi connectivity index (χ3n) is 5.48. The second kappa shape index (κ2) is 10.8. The highest BCUT2D eigenvalue weighted by molar-refractivity contribution is 6.39. The van der Waals surface area contributed by atoms with E-state index < -0.39 is 5.60 Å². The van der Waals surface area contributed by atoms with Gasteiger partial charge in [0.05, 0.1) is 15.7 Å². The topological polar surface area (TPSA) is 86.3 Å². The molecule has 0 spiro atoms. The lowest BCUT2D eigenvalue weighted by molar-refractivity contribution is 0.0158. The molecule has 9 heteroatoms. The van der Waals surface area contributed by atoms with E-state index in [1.165, 1.54) is 0 Å². The van der Waals surface area contributed by atoms with Crippen molar-refractivity contribution >= 4 is 46.3 Å². The molecule has 1 fully saturated rings. The number of nitrogens with two attached hydrogens (primary N) is 1. The van der Waals surface area contributed by atoms with Crippen molar-refractivity contribution in [2.24, 2.45) is 5.92 Å². The van der Waals surface area contributed by atoms with Gasteiger partial charge in [0.15, 0.2) is 0 Å². The molecule has 0 aliphatic carbocycles. The van der Waals surface area contributed by atoms with Crippen LogP contribution in [0, 0.1) is 5.92 Å². The minimum Gasteiger partial charge on any atom is -0.444 e. The number of likely N-dealkylation sites (tertiary alicyclic amines) is 1. The molecule has 0 saturated carbocycles. The number of amides is 1. The molecule has 3 heterocycles. The molecular formula is C25H33Cl2N5O2. The molecule has 3 aromatic rings. The van der Waals surface area contributed by atoms with Gasteiger partial charge in [-0.1, -0.05) is 43.1 Å². The van der Waals surface area contributed by atoms with Crippen LogP contribution in [-0.2, 0) is 11.3 Å². The highest BCUT2D eigenvalue weighted by Crippen LogP contribution is 2.38. The molecule has 2 N–H and O–H groups in total. The number of nitrogens with zero attached hydrogens (tertiary/aromatic N) is 4. The summed E-state index contributed by atoms with van der Waals surface area (Å²) in [7, 11) is 0. The summed E-state index contributed by atoms with van der Waals surface area (Å²) < 4.78 is 7.67. The lowest BCUT2D eigenvalue weighted by Gasteiger charge is -2.34. The van der Waals surface area contributed by atoms with E-state index in [4.69, 9.17) is 33.7 Å². The van der Waals surface area contributed by atoms with Crippen LogP contribution in [0.3, 0.4) is 0 Å². The van der Waals surface area contributed by atoms with Crippen LogP contribution in [0.1, 0.15) is 47.5 Å². The number of fused-ring (bicyclic) bond motifs is 1. The van der Waals surface area contributed by atoms with Gasteiger partial charge >= 0.3 is 6.09 Å². The molecule has 1 aliphatic rings. The Hall–Kier alpha value is -2.51. The van der Waals surface area contributed by atoms with Crippen LogP contribution in [0.5, 0.6) is 0 Å². The van der Waals surface area contributed by atoms with Gasteiger partial charge in [0.25, 0.3) is 0 Å². The zero-order valence-electron chi connectivity index (χ0n) is 20.4. The van der Waals surface area contributed by atoms with Crippen LogP contribution in [0.25, 0.3) is 22.3 Å². The summed E-state index contributed by atoms with van der Waals surface area (Å²) in [4.78, 5) is 23.0.